The maximum atomic E-state index is 12.3. The molecule has 0 aliphatic carbocycles. The number of carbonyl (C=O) groups is 1. The van der Waals surface area contributed by atoms with Gasteiger partial charge in [0.1, 0.15) is 0 Å². The molecule has 0 radical (unpaired) electrons. The Morgan fingerprint density at radius 3 is 2.62 bits per heavy atom. The largest absolute Gasteiger partial charge is 0.493 e. The second-order valence-corrected chi connectivity index (χ2v) is 4.25. The highest BCUT2D eigenvalue weighted by Gasteiger charge is 2.14. The van der Waals surface area contributed by atoms with Crippen LogP contribution in [-0.2, 0) is 0 Å². The van der Waals surface area contributed by atoms with Gasteiger partial charge in [-0.25, -0.2) is 0 Å². The van der Waals surface area contributed by atoms with E-state index >= 15 is 0 Å². The second kappa shape index (κ2) is 9.12. The predicted octanol–water partition coefficient (Wildman–Crippen LogP) is 2.03. The average molecular weight is 302 g/mol. The molecule has 0 saturated carbocycles. The number of alkyl halides is 2. The quantitative estimate of drug-likeness (QED) is 0.685. The third kappa shape index (κ3) is 5.95. The molecule has 1 aromatic rings. The summed E-state index contributed by atoms with van der Waals surface area (Å²) >= 11 is 0. The van der Waals surface area contributed by atoms with E-state index in [0.29, 0.717) is 13.1 Å². The van der Waals surface area contributed by atoms with Crippen molar-refractivity contribution in [3.63, 3.8) is 0 Å². The first-order valence-electron chi connectivity index (χ1n) is 6.70. The monoisotopic (exact) mass is 302 g/mol. The van der Waals surface area contributed by atoms with Crippen molar-refractivity contribution in [3.05, 3.63) is 23.8 Å². The van der Waals surface area contributed by atoms with Crippen molar-refractivity contribution in [1.82, 2.24) is 10.6 Å². The van der Waals surface area contributed by atoms with E-state index < -0.39 is 6.61 Å². The summed E-state index contributed by atoms with van der Waals surface area (Å²) in [6, 6.07) is 4.15. The lowest BCUT2D eigenvalue weighted by atomic mass is 10.2. The van der Waals surface area contributed by atoms with Crippen LogP contribution >= 0.6 is 0 Å². The molecule has 0 atom stereocenters. The zero-order valence-electron chi connectivity index (χ0n) is 12.1. The van der Waals surface area contributed by atoms with Crippen LogP contribution in [0.4, 0.5) is 8.78 Å². The van der Waals surface area contributed by atoms with E-state index in [1.165, 1.54) is 25.3 Å². The van der Waals surface area contributed by atoms with Crippen molar-refractivity contribution < 1.29 is 23.0 Å². The molecule has 1 rings (SSSR count). The van der Waals surface area contributed by atoms with Gasteiger partial charge in [0, 0.05) is 18.7 Å². The molecule has 0 aromatic heterocycles. The van der Waals surface area contributed by atoms with Crippen molar-refractivity contribution >= 4 is 5.91 Å². The average Bonchev–Trinajstić information content (AvgIpc) is 2.46. The SMILES string of the molecule is CCCNCCNC(=O)c1ccc(OC)c(OC(F)F)c1. The minimum Gasteiger partial charge on any atom is -0.493 e. The fourth-order valence-electron chi connectivity index (χ4n) is 1.67. The Kier molecular flexibility index (Phi) is 7.45. The van der Waals surface area contributed by atoms with Crippen molar-refractivity contribution in [1.29, 1.82) is 0 Å². The van der Waals surface area contributed by atoms with Gasteiger partial charge in [-0.1, -0.05) is 6.92 Å². The third-order valence-corrected chi connectivity index (χ3v) is 2.66. The second-order valence-electron chi connectivity index (χ2n) is 4.25. The van der Waals surface area contributed by atoms with E-state index in [1.807, 2.05) is 6.92 Å². The minimum atomic E-state index is -2.98. The predicted molar refractivity (Wildman–Crippen MR) is 75.1 cm³/mol. The molecule has 1 aromatic carbocycles. The van der Waals surface area contributed by atoms with Crippen LogP contribution in [0, 0.1) is 0 Å². The van der Waals surface area contributed by atoms with Gasteiger partial charge in [0.2, 0.25) is 0 Å². The molecule has 0 aliphatic heterocycles. The maximum Gasteiger partial charge on any atom is 0.387 e. The van der Waals surface area contributed by atoms with Gasteiger partial charge in [0.05, 0.1) is 7.11 Å². The number of hydrogen-bond donors (Lipinski definition) is 2. The molecule has 0 bridgehead atoms. The van der Waals surface area contributed by atoms with Crippen LogP contribution in [0.5, 0.6) is 11.5 Å². The lowest BCUT2D eigenvalue weighted by Gasteiger charge is -2.11. The number of nitrogens with one attached hydrogen (secondary N) is 2. The molecule has 118 valence electrons. The Morgan fingerprint density at radius 2 is 2.00 bits per heavy atom. The first-order valence-corrected chi connectivity index (χ1v) is 6.70. The molecule has 0 aliphatic rings. The van der Waals surface area contributed by atoms with Crippen LogP contribution in [0.3, 0.4) is 0 Å². The highest BCUT2D eigenvalue weighted by Crippen LogP contribution is 2.29. The highest BCUT2D eigenvalue weighted by atomic mass is 19.3. The number of benzene rings is 1. The summed E-state index contributed by atoms with van der Waals surface area (Å²) in [6.45, 7) is 1.06. The molecule has 0 saturated heterocycles. The molecule has 1 amide bonds. The zero-order valence-corrected chi connectivity index (χ0v) is 12.1. The molecule has 0 fully saturated rings. The minimum absolute atomic E-state index is 0.150. The van der Waals surface area contributed by atoms with Gasteiger partial charge in [-0.3, -0.25) is 4.79 Å². The standard InChI is InChI=1S/C14H20F2N2O3/c1-3-6-17-7-8-18-13(19)10-4-5-11(20-2)12(9-10)21-14(15)16/h4-5,9,14,17H,3,6-8H2,1-2H3,(H,18,19). The molecule has 0 heterocycles. The first-order chi connectivity index (χ1) is 10.1. The van der Waals surface area contributed by atoms with Crippen LogP contribution in [0.1, 0.15) is 23.7 Å². The number of ether oxygens (including phenoxy) is 2. The summed E-state index contributed by atoms with van der Waals surface area (Å²) in [4.78, 5) is 11.9. The number of rotatable bonds is 9. The van der Waals surface area contributed by atoms with Crippen LogP contribution in [0.15, 0.2) is 18.2 Å². The molecule has 5 nitrogen and oxygen atoms in total. The van der Waals surface area contributed by atoms with E-state index in [4.69, 9.17) is 4.74 Å². The summed E-state index contributed by atoms with van der Waals surface area (Å²) < 4.78 is 33.8. The van der Waals surface area contributed by atoms with Gasteiger partial charge < -0.3 is 20.1 Å². The van der Waals surface area contributed by atoms with E-state index in [9.17, 15) is 13.6 Å². The molecule has 0 spiro atoms. The molecule has 2 N–H and O–H groups in total. The Hall–Kier alpha value is -1.89. The summed E-state index contributed by atoms with van der Waals surface area (Å²) in [5.41, 5.74) is 0.238. The van der Waals surface area contributed by atoms with Crippen LogP contribution in [-0.4, -0.2) is 39.3 Å². The Bertz CT molecular complexity index is 456. The lowest BCUT2D eigenvalue weighted by molar-refractivity contribution is -0.0512. The van der Waals surface area contributed by atoms with Crippen LogP contribution in [0.2, 0.25) is 0 Å². The Balaban J connectivity index is 2.63. The smallest absolute Gasteiger partial charge is 0.387 e. The van der Waals surface area contributed by atoms with Gasteiger partial charge in [-0.2, -0.15) is 8.78 Å². The van der Waals surface area contributed by atoms with Crippen molar-refractivity contribution in [2.24, 2.45) is 0 Å². The highest BCUT2D eigenvalue weighted by molar-refractivity contribution is 5.94. The fourth-order valence-corrected chi connectivity index (χ4v) is 1.67. The Morgan fingerprint density at radius 1 is 1.24 bits per heavy atom. The van der Waals surface area contributed by atoms with E-state index in [-0.39, 0.29) is 23.0 Å². The van der Waals surface area contributed by atoms with Gasteiger partial charge in [-0.15, -0.1) is 0 Å². The van der Waals surface area contributed by atoms with Crippen molar-refractivity contribution in [3.8, 4) is 11.5 Å². The number of halogens is 2. The van der Waals surface area contributed by atoms with Crippen LogP contribution in [0.25, 0.3) is 0 Å². The third-order valence-electron chi connectivity index (χ3n) is 2.66. The number of carbonyl (C=O) groups excluding carboxylic acids is 1. The summed E-state index contributed by atoms with van der Waals surface area (Å²) in [5.74, 6) is -0.365. The van der Waals surface area contributed by atoms with Crippen molar-refractivity contribution in [2.75, 3.05) is 26.7 Å². The summed E-state index contributed by atoms with van der Waals surface area (Å²) in [5, 5.41) is 5.83. The normalized spacial score (nSPS) is 10.5. The zero-order chi connectivity index (χ0) is 15.7. The number of hydrogen-bond acceptors (Lipinski definition) is 4. The van der Waals surface area contributed by atoms with E-state index in [1.54, 1.807) is 0 Å². The summed E-state index contributed by atoms with van der Waals surface area (Å²) in [6.07, 6.45) is 1.01. The van der Waals surface area contributed by atoms with Gasteiger partial charge in [0.15, 0.2) is 11.5 Å². The number of methoxy groups -OCH3 is 1. The molecule has 21 heavy (non-hydrogen) atoms. The molecular formula is C14H20F2N2O3. The Labute approximate surface area is 122 Å². The first kappa shape index (κ1) is 17.2. The topological polar surface area (TPSA) is 59.6 Å². The van der Waals surface area contributed by atoms with Gasteiger partial charge in [-0.05, 0) is 31.2 Å². The summed E-state index contributed by atoms with van der Waals surface area (Å²) in [7, 11) is 1.34. The van der Waals surface area contributed by atoms with Crippen molar-refractivity contribution in [2.45, 2.75) is 20.0 Å². The van der Waals surface area contributed by atoms with Gasteiger partial charge >= 0.3 is 6.61 Å². The van der Waals surface area contributed by atoms with E-state index in [2.05, 4.69) is 15.4 Å². The number of amides is 1. The van der Waals surface area contributed by atoms with E-state index in [0.717, 1.165) is 13.0 Å². The maximum absolute atomic E-state index is 12.3. The fraction of sp³-hybridized carbons (Fsp3) is 0.500. The molecule has 0 unspecified atom stereocenters. The molecular weight excluding hydrogens is 282 g/mol. The van der Waals surface area contributed by atoms with Crippen LogP contribution < -0.4 is 20.1 Å². The van der Waals surface area contributed by atoms with Gasteiger partial charge in [0.25, 0.3) is 5.91 Å². The molecule has 7 heteroatoms. The lowest BCUT2D eigenvalue weighted by Crippen LogP contribution is -2.32.